The number of nitrogens with zero attached hydrogens (tertiary/aromatic N) is 1. The molecule has 2 N–H and O–H groups in total. The molecule has 1 fully saturated rings. The normalized spacial score (nSPS) is 15.0. The van der Waals surface area contributed by atoms with Crippen LogP contribution >= 0.6 is 0 Å². The van der Waals surface area contributed by atoms with E-state index in [9.17, 15) is 19.2 Å². The van der Waals surface area contributed by atoms with E-state index >= 15 is 0 Å². The SMILES string of the molecule is Cc1ccc(C(C(=O)NC(Cc2ccccc2)C(=O)OC(C)(C)C)N(C(=O)C(Cc2ccccc2)NC(=O)OC(C)(C)C)C2CC2)cc1. The Morgan fingerprint density at radius 3 is 1.69 bits per heavy atom. The Bertz CT molecular complexity index is 1540. The first kappa shape index (κ1) is 36.2. The summed E-state index contributed by atoms with van der Waals surface area (Å²) in [7, 11) is 0. The molecule has 0 aromatic heterocycles. The number of amides is 3. The molecule has 9 nitrogen and oxygen atoms in total. The lowest BCUT2D eigenvalue weighted by atomic mass is 9.98. The molecule has 9 heteroatoms. The molecule has 0 saturated heterocycles. The number of nitrogens with one attached hydrogen (secondary N) is 2. The third-order valence-corrected chi connectivity index (χ3v) is 7.68. The Balaban J connectivity index is 1.73. The Morgan fingerprint density at radius 1 is 0.708 bits per heavy atom. The molecule has 1 aliphatic carbocycles. The molecule has 1 saturated carbocycles. The molecule has 0 heterocycles. The Kier molecular flexibility index (Phi) is 11.7. The van der Waals surface area contributed by atoms with Crippen molar-refractivity contribution < 1.29 is 28.7 Å². The van der Waals surface area contributed by atoms with E-state index in [0.717, 1.165) is 16.7 Å². The molecule has 0 aliphatic heterocycles. The summed E-state index contributed by atoms with van der Waals surface area (Å²) in [6, 6.07) is 22.9. The van der Waals surface area contributed by atoms with Crippen LogP contribution in [0.4, 0.5) is 4.79 Å². The van der Waals surface area contributed by atoms with E-state index in [-0.39, 0.29) is 18.9 Å². The van der Waals surface area contributed by atoms with Crippen LogP contribution in [0, 0.1) is 6.92 Å². The summed E-state index contributed by atoms with van der Waals surface area (Å²) in [6.07, 6.45) is 1.07. The van der Waals surface area contributed by atoms with Gasteiger partial charge < -0.3 is 25.0 Å². The van der Waals surface area contributed by atoms with Crippen molar-refractivity contribution in [1.29, 1.82) is 0 Å². The highest BCUT2D eigenvalue weighted by atomic mass is 16.6. The summed E-state index contributed by atoms with van der Waals surface area (Å²) in [5, 5.41) is 5.76. The van der Waals surface area contributed by atoms with Gasteiger partial charge in [-0.3, -0.25) is 9.59 Å². The number of esters is 1. The quantitative estimate of drug-likeness (QED) is 0.224. The van der Waals surface area contributed by atoms with Crippen LogP contribution < -0.4 is 10.6 Å². The number of hydrogen-bond donors (Lipinski definition) is 2. The Labute approximate surface area is 284 Å². The molecule has 3 amide bonds. The molecule has 0 bridgehead atoms. The van der Waals surface area contributed by atoms with Gasteiger partial charge in [0.15, 0.2) is 0 Å². The summed E-state index contributed by atoms with van der Waals surface area (Å²) < 4.78 is 11.3. The third kappa shape index (κ3) is 11.0. The van der Waals surface area contributed by atoms with Crippen molar-refractivity contribution in [3.8, 4) is 0 Å². The maximum Gasteiger partial charge on any atom is 0.408 e. The van der Waals surface area contributed by atoms with Crippen LogP contribution in [0.15, 0.2) is 84.9 Å². The monoisotopic (exact) mass is 655 g/mol. The fourth-order valence-electron chi connectivity index (χ4n) is 5.40. The average molecular weight is 656 g/mol. The van der Waals surface area contributed by atoms with E-state index in [1.165, 1.54) is 0 Å². The van der Waals surface area contributed by atoms with E-state index in [0.29, 0.717) is 18.4 Å². The van der Waals surface area contributed by atoms with Gasteiger partial charge in [-0.15, -0.1) is 0 Å². The second kappa shape index (κ2) is 15.5. The topological polar surface area (TPSA) is 114 Å². The Morgan fingerprint density at radius 2 is 1.21 bits per heavy atom. The van der Waals surface area contributed by atoms with Crippen LogP contribution in [0.5, 0.6) is 0 Å². The molecule has 3 aromatic rings. The fourth-order valence-corrected chi connectivity index (χ4v) is 5.40. The summed E-state index contributed by atoms with van der Waals surface area (Å²) in [5.41, 5.74) is 1.72. The van der Waals surface area contributed by atoms with E-state index in [2.05, 4.69) is 10.6 Å². The van der Waals surface area contributed by atoms with Crippen LogP contribution in [0.1, 0.15) is 82.7 Å². The highest BCUT2D eigenvalue weighted by molar-refractivity contribution is 5.94. The van der Waals surface area contributed by atoms with Gasteiger partial charge in [0.25, 0.3) is 0 Å². The van der Waals surface area contributed by atoms with Crippen LogP contribution in [0.3, 0.4) is 0 Å². The number of alkyl carbamates (subject to hydrolysis) is 1. The zero-order valence-corrected chi connectivity index (χ0v) is 29.1. The first-order valence-electron chi connectivity index (χ1n) is 16.6. The lowest BCUT2D eigenvalue weighted by Gasteiger charge is -2.35. The van der Waals surface area contributed by atoms with Gasteiger partial charge in [0, 0.05) is 18.9 Å². The minimum atomic E-state index is -1.08. The summed E-state index contributed by atoms with van der Waals surface area (Å²) >= 11 is 0. The summed E-state index contributed by atoms with van der Waals surface area (Å²) in [6.45, 7) is 12.5. The molecular weight excluding hydrogens is 606 g/mol. The van der Waals surface area contributed by atoms with Crippen molar-refractivity contribution in [2.24, 2.45) is 0 Å². The largest absolute Gasteiger partial charge is 0.458 e. The number of carbonyl (C=O) groups is 4. The summed E-state index contributed by atoms with van der Waals surface area (Å²) in [4.78, 5) is 57.4. The lowest BCUT2D eigenvalue weighted by molar-refractivity contribution is -0.159. The number of hydrogen-bond acceptors (Lipinski definition) is 6. The van der Waals surface area contributed by atoms with Gasteiger partial charge in [0.1, 0.15) is 29.3 Å². The van der Waals surface area contributed by atoms with Crippen molar-refractivity contribution in [3.05, 3.63) is 107 Å². The summed E-state index contributed by atoms with van der Waals surface area (Å²) in [5.74, 6) is -1.49. The van der Waals surface area contributed by atoms with E-state index in [1.54, 1.807) is 46.4 Å². The molecule has 256 valence electrons. The van der Waals surface area contributed by atoms with E-state index in [1.807, 2.05) is 91.9 Å². The molecule has 0 radical (unpaired) electrons. The zero-order chi connectivity index (χ0) is 35.1. The molecule has 3 aromatic carbocycles. The lowest BCUT2D eigenvalue weighted by Crippen LogP contribution is -2.56. The predicted molar refractivity (Wildman–Crippen MR) is 185 cm³/mol. The Hall–Kier alpha value is -4.66. The van der Waals surface area contributed by atoms with Gasteiger partial charge in [-0.25, -0.2) is 9.59 Å². The van der Waals surface area contributed by atoms with Gasteiger partial charge in [0.2, 0.25) is 11.8 Å². The van der Waals surface area contributed by atoms with Gasteiger partial charge in [0.05, 0.1) is 0 Å². The second-order valence-electron chi connectivity index (χ2n) is 14.5. The van der Waals surface area contributed by atoms with Crippen molar-refractivity contribution >= 4 is 23.9 Å². The molecule has 48 heavy (non-hydrogen) atoms. The van der Waals surface area contributed by atoms with Crippen molar-refractivity contribution in [2.75, 3.05) is 0 Å². The van der Waals surface area contributed by atoms with Gasteiger partial charge in [-0.05, 0) is 78.0 Å². The minimum Gasteiger partial charge on any atom is -0.458 e. The molecule has 3 unspecified atom stereocenters. The van der Waals surface area contributed by atoms with Crippen LogP contribution in [-0.2, 0) is 36.7 Å². The number of ether oxygens (including phenoxy) is 2. The van der Waals surface area contributed by atoms with Crippen molar-refractivity contribution in [3.63, 3.8) is 0 Å². The number of carbonyl (C=O) groups excluding carboxylic acids is 4. The third-order valence-electron chi connectivity index (χ3n) is 7.68. The maximum atomic E-state index is 14.7. The molecule has 4 rings (SSSR count). The molecule has 1 aliphatic rings. The van der Waals surface area contributed by atoms with Crippen molar-refractivity contribution in [1.82, 2.24) is 15.5 Å². The van der Waals surface area contributed by atoms with E-state index < -0.39 is 53.2 Å². The number of rotatable bonds is 12. The van der Waals surface area contributed by atoms with Gasteiger partial charge in [-0.1, -0.05) is 90.5 Å². The number of aryl methyl sites for hydroxylation is 1. The van der Waals surface area contributed by atoms with E-state index in [4.69, 9.17) is 9.47 Å². The molecule has 0 spiro atoms. The highest BCUT2D eigenvalue weighted by Crippen LogP contribution is 2.36. The second-order valence-corrected chi connectivity index (χ2v) is 14.5. The first-order chi connectivity index (χ1) is 22.6. The molecular formula is C39H49N3O6. The zero-order valence-electron chi connectivity index (χ0n) is 29.1. The minimum absolute atomic E-state index is 0.193. The van der Waals surface area contributed by atoms with Crippen LogP contribution in [0.25, 0.3) is 0 Å². The first-order valence-corrected chi connectivity index (χ1v) is 16.6. The van der Waals surface area contributed by atoms with Crippen molar-refractivity contribution in [2.45, 2.75) is 110 Å². The molecule has 3 atom stereocenters. The predicted octanol–water partition coefficient (Wildman–Crippen LogP) is 6.23. The number of benzene rings is 3. The fraction of sp³-hybridized carbons (Fsp3) is 0.436. The van der Waals surface area contributed by atoms with Gasteiger partial charge in [-0.2, -0.15) is 0 Å². The maximum absolute atomic E-state index is 14.7. The highest BCUT2D eigenvalue weighted by Gasteiger charge is 2.45. The average Bonchev–Trinajstić information content (AvgIpc) is 3.84. The smallest absolute Gasteiger partial charge is 0.408 e. The van der Waals surface area contributed by atoms with Crippen LogP contribution in [-0.4, -0.2) is 58.1 Å². The standard InChI is InChI=1S/C39H49N3O6/c1-26-18-20-29(21-19-26)33(34(43)40-32(36(45)47-38(2,3)4)25-28-16-12-9-13-17-28)42(30-22-23-30)35(44)31(24-27-14-10-8-11-15-27)41-37(46)48-39(5,6)7/h8-21,30-33H,22-25H2,1-7H3,(H,40,43)(H,41,46). The van der Waals surface area contributed by atoms with Crippen LogP contribution in [0.2, 0.25) is 0 Å². The van der Waals surface area contributed by atoms with Gasteiger partial charge >= 0.3 is 12.1 Å².